The van der Waals surface area contributed by atoms with Crippen LogP contribution in [0.2, 0.25) is 0 Å². The predicted octanol–water partition coefficient (Wildman–Crippen LogP) is 2.71. The summed E-state index contributed by atoms with van der Waals surface area (Å²) in [6, 6.07) is 17.8. The molecule has 0 aliphatic heterocycles. The monoisotopic (exact) mass is 292 g/mol. The normalized spacial score (nSPS) is 10.5. The molecule has 22 heavy (non-hydrogen) atoms. The average Bonchev–Trinajstić information content (AvgIpc) is 2.55. The fourth-order valence-electron chi connectivity index (χ4n) is 2.48. The first kappa shape index (κ1) is 13.9. The smallest absolute Gasteiger partial charge is 0.336 e. The SMILES string of the molecule is O=C(C[n+]1ccc(C(=O)O)c2ccccc21)c1ccccc1. The van der Waals surface area contributed by atoms with E-state index in [1.54, 1.807) is 35.0 Å². The number of rotatable bonds is 4. The summed E-state index contributed by atoms with van der Waals surface area (Å²) in [5, 5.41) is 9.88. The maximum absolute atomic E-state index is 12.3. The summed E-state index contributed by atoms with van der Waals surface area (Å²) < 4.78 is 1.77. The molecule has 4 nitrogen and oxygen atoms in total. The second kappa shape index (κ2) is 5.77. The summed E-state index contributed by atoms with van der Waals surface area (Å²) in [5.74, 6) is -0.989. The van der Waals surface area contributed by atoms with Gasteiger partial charge in [0.1, 0.15) is 0 Å². The van der Waals surface area contributed by atoms with Crippen LogP contribution < -0.4 is 4.57 Å². The average molecular weight is 292 g/mol. The minimum Gasteiger partial charge on any atom is -0.478 e. The van der Waals surface area contributed by atoms with E-state index < -0.39 is 5.97 Å². The van der Waals surface area contributed by atoms with Crippen molar-refractivity contribution >= 4 is 22.7 Å². The molecule has 108 valence electrons. The number of carbonyl (C=O) groups excluding carboxylic acids is 1. The van der Waals surface area contributed by atoms with Crippen molar-refractivity contribution in [2.75, 3.05) is 0 Å². The van der Waals surface area contributed by atoms with E-state index in [9.17, 15) is 14.7 Å². The second-order valence-corrected chi connectivity index (χ2v) is 4.97. The summed E-state index contributed by atoms with van der Waals surface area (Å²) in [5.41, 5.74) is 1.60. The Hall–Kier alpha value is -3.01. The van der Waals surface area contributed by atoms with Crippen LogP contribution in [0.3, 0.4) is 0 Å². The standard InChI is InChI=1S/C18H13NO3/c20-17(13-6-2-1-3-7-13)12-19-11-10-15(18(21)22)14-8-4-5-9-16(14)19/h1-11H,12H2/p+1. The zero-order valence-corrected chi connectivity index (χ0v) is 11.8. The molecule has 0 bridgehead atoms. The molecule has 0 aliphatic carbocycles. The van der Waals surface area contributed by atoms with Crippen molar-refractivity contribution in [3.8, 4) is 0 Å². The lowest BCUT2D eigenvalue weighted by molar-refractivity contribution is -0.657. The maximum Gasteiger partial charge on any atom is 0.336 e. The van der Waals surface area contributed by atoms with Crippen molar-refractivity contribution in [3.63, 3.8) is 0 Å². The zero-order valence-electron chi connectivity index (χ0n) is 11.8. The highest BCUT2D eigenvalue weighted by molar-refractivity contribution is 6.01. The molecule has 0 saturated heterocycles. The predicted molar refractivity (Wildman–Crippen MR) is 81.9 cm³/mol. The Kier molecular flexibility index (Phi) is 3.66. The number of carboxylic acid groups (broad SMARTS) is 1. The van der Waals surface area contributed by atoms with Crippen molar-refractivity contribution in [2.24, 2.45) is 0 Å². The Morgan fingerprint density at radius 2 is 1.59 bits per heavy atom. The van der Waals surface area contributed by atoms with E-state index in [1.807, 2.05) is 30.3 Å². The molecule has 4 heteroatoms. The van der Waals surface area contributed by atoms with E-state index in [0.29, 0.717) is 10.9 Å². The molecule has 0 unspecified atom stereocenters. The fourth-order valence-corrected chi connectivity index (χ4v) is 2.48. The number of ketones is 1. The molecule has 1 aromatic heterocycles. The Morgan fingerprint density at radius 1 is 0.909 bits per heavy atom. The van der Waals surface area contributed by atoms with E-state index in [-0.39, 0.29) is 17.9 Å². The third-order valence-electron chi connectivity index (χ3n) is 3.56. The van der Waals surface area contributed by atoms with Crippen molar-refractivity contribution in [1.82, 2.24) is 0 Å². The maximum atomic E-state index is 12.3. The van der Waals surface area contributed by atoms with Crippen LogP contribution in [0.15, 0.2) is 66.9 Å². The van der Waals surface area contributed by atoms with Gasteiger partial charge in [-0.1, -0.05) is 42.5 Å². The largest absolute Gasteiger partial charge is 0.478 e. The van der Waals surface area contributed by atoms with Gasteiger partial charge in [0, 0.05) is 17.7 Å². The minimum absolute atomic E-state index is 0.0150. The van der Waals surface area contributed by atoms with Gasteiger partial charge in [-0.3, -0.25) is 4.79 Å². The number of aromatic nitrogens is 1. The van der Waals surface area contributed by atoms with Crippen LogP contribution in [-0.4, -0.2) is 16.9 Å². The summed E-state index contributed by atoms with van der Waals surface area (Å²) in [6.45, 7) is 0.171. The Morgan fingerprint density at radius 3 is 2.32 bits per heavy atom. The topological polar surface area (TPSA) is 58.2 Å². The number of hydrogen-bond donors (Lipinski definition) is 1. The molecule has 3 aromatic rings. The first-order chi connectivity index (χ1) is 10.7. The molecule has 2 aromatic carbocycles. The molecule has 0 fully saturated rings. The van der Waals surface area contributed by atoms with Gasteiger partial charge in [0.25, 0.3) is 0 Å². The summed E-state index contributed by atoms with van der Waals surface area (Å²) in [6.07, 6.45) is 1.65. The van der Waals surface area contributed by atoms with Crippen LogP contribution in [0, 0.1) is 0 Å². The zero-order chi connectivity index (χ0) is 15.5. The molecule has 1 heterocycles. The van der Waals surface area contributed by atoms with Gasteiger partial charge in [-0.25, -0.2) is 4.79 Å². The van der Waals surface area contributed by atoms with Crippen molar-refractivity contribution in [1.29, 1.82) is 0 Å². The van der Waals surface area contributed by atoms with Crippen LogP contribution in [0.4, 0.5) is 0 Å². The molecule has 1 N–H and O–H groups in total. The molecule has 0 saturated carbocycles. The Labute approximate surface area is 127 Å². The lowest BCUT2D eigenvalue weighted by atomic mass is 10.1. The molecule has 0 radical (unpaired) electrons. The summed E-state index contributed by atoms with van der Waals surface area (Å²) in [7, 11) is 0. The van der Waals surface area contributed by atoms with Gasteiger partial charge in [0.05, 0.1) is 10.9 Å². The van der Waals surface area contributed by atoms with Crippen LogP contribution in [0.25, 0.3) is 10.9 Å². The van der Waals surface area contributed by atoms with Gasteiger partial charge in [0.15, 0.2) is 6.20 Å². The highest BCUT2D eigenvalue weighted by atomic mass is 16.4. The van der Waals surface area contributed by atoms with E-state index in [4.69, 9.17) is 0 Å². The van der Waals surface area contributed by atoms with Crippen LogP contribution in [-0.2, 0) is 6.54 Å². The fraction of sp³-hybridized carbons (Fsp3) is 0.0556. The second-order valence-electron chi connectivity index (χ2n) is 4.97. The minimum atomic E-state index is -0.974. The van der Waals surface area contributed by atoms with Crippen LogP contribution in [0.5, 0.6) is 0 Å². The number of hydrogen-bond acceptors (Lipinski definition) is 2. The molecule has 3 rings (SSSR count). The van der Waals surface area contributed by atoms with Gasteiger partial charge in [0.2, 0.25) is 17.8 Å². The third kappa shape index (κ3) is 2.59. The molecule has 0 amide bonds. The first-order valence-corrected chi connectivity index (χ1v) is 6.89. The quantitative estimate of drug-likeness (QED) is 0.594. The number of carboxylic acids is 1. The number of fused-ring (bicyclic) bond motifs is 1. The van der Waals surface area contributed by atoms with E-state index in [2.05, 4.69) is 0 Å². The number of carbonyl (C=O) groups is 2. The van der Waals surface area contributed by atoms with E-state index in [1.165, 1.54) is 6.07 Å². The van der Waals surface area contributed by atoms with Gasteiger partial charge < -0.3 is 5.11 Å². The van der Waals surface area contributed by atoms with Gasteiger partial charge in [-0.2, -0.15) is 4.57 Å². The number of benzene rings is 2. The molecule has 0 atom stereocenters. The van der Waals surface area contributed by atoms with Gasteiger partial charge in [-0.15, -0.1) is 0 Å². The van der Waals surface area contributed by atoms with Crippen LogP contribution >= 0.6 is 0 Å². The van der Waals surface area contributed by atoms with Crippen LogP contribution in [0.1, 0.15) is 20.7 Å². The molecular formula is C18H14NO3+. The van der Waals surface area contributed by atoms with Gasteiger partial charge in [-0.05, 0) is 6.07 Å². The summed E-state index contributed by atoms with van der Waals surface area (Å²) >= 11 is 0. The highest BCUT2D eigenvalue weighted by Crippen LogP contribution is 2.15. The van der Waals surface area contributed by atoms with Gasteiger partial charge >= 0.3 is 5.97 Å². The highest BCUT2D eigenvalue weighted by Gasteiger charge is 2.19. The molecule has 0 spiro atoms. The number of aromatic carboxylic acids is 1. The molecule has 0 aliphatic rings. The summed E-state index contributed by atoms with van der Waals surface area (Å²) in [4.78, 5) is 23.6. The third-order valence-corrected chi connectivity index (χ3v) is 3.56. The Bertz CT molecular complexity index is 857. The lowest BCUT2D eigenvalue weighted by Gasteiger charge is -2.04. The number of nitrogens with zero attached hydrogens (tertiary/aromatic N) is 1. The molecular weight excluding hydrogens is 278 g/mol. The van der Waals surface area contributed by atoms with Crippen molar-refractivity contribution in [2.45, 2.75) is 6.54 Å². The Balaban J connectivity index is 2.04. The van der Waals surface area contributed by atoms with E-state index >= 15 is 0 Å². The number of pyridine rings is 1. The lowest BCUT2D eigenvalue weighted by Crippen LogP contribution is -2.38. The van der Waals surface area contributed by atoms with E-state index in [0.717, 1.165) is 5.52 Å². The van der Waals surface area contributed by atoms with Crippen molar-refractivity contribution < 1.29 is 19.3 Å². The number of para-hydroxylation sites is 1. The first-order valence-electron chi connectivity index (χ1n) is 6.89. The number of Topliss-reactive ketones (excluding diaryl/α,β-unsaturated/α-hetero) is 1. The van der Waals surface area contributed by atoms with Crippen molar-refractivity contribution in [3.05, 3.63) is 78.0 Å².